The SMILES string of the molecule is C#Cc1cccc(NC(=O)CCc2c(C)noc2C)c1. The van der Waals surface area contributed by atoms with Crippen LogP contribution in [0.2, 0.25) is 0 Å². The van der Waals surface area contributed by atoms with Crippen molar-refractivity contribution in [2.75, 3.05) is 5.32 Å². The first kappa shape index (κ1) is 13.9. The molecule has 102 valence electrons. The van der Waals surface area contributed by atoms with Gasteiger partial charge in [-0.15, -0.1) is 6.42 Å². The largest absolute Gasteiger partial charge is 0.361 e. The van der Waals surface area contributed by atoms with E-state index in [2.05, 4.69) is 16.4 Å². The minimum absolute atomic E-state index is 0.0563. The fraction of sp³-hybridized carbons (Fsp3) is 0.250. The molecule has 1 amide bonds. The molecule has 0 aliphatic heterocycles. The van der Waals surface area contributed by atoms with Gasteiger partial charge in [0.1, 0.15) is 5.76 Å². The maximum atomic E-state index is 11.9. The second-order valence-corrected chi connectivity index (χ2v) is 4.58. The summed E-state index contributed by atoms with van der Waals surface area (Å²) in [6.45, 7) is 3.73. The third-order valence-electron chi connectivity index (χ3n) is 3.10. The van der Waals surface area contributed by atoms with Crippen LogP contribution in [0, 0.1) is 26.2 Å². The number of amides is 1. The molecule has 0 unspecified atom stereocenters. The van der Waals surface area contributed by atoms with Crippen molar-refractivity contribution in [1.82, 2.24) is 5.16 Å². The molecule has 1 N–H and O–H groups in total. The van der Waals surface area contributed by atoms with Gasteiger partial charge in [0, 0.05) is 23.2 Å². The molecule has 0 atom stereocenters. The highest BCUT2D eigenvalue weighted by Gasteiger charge is 2.11. The fourth-order valence-corrected chi connectivity index (χ4v) is 2.01. The van der Waals surface area contributed by atoms with Crippen molar-refractivity contribution in [3.8, 4) is 12.3 Å². The first-order valence-corrected chi connectivity index (χ1v) is 6.38. The molecule has 0 bridgehead atoms. The van der Waals surface area contributed by atoms with Gasteiger partial charge in [0.2, 0.25) is 5.91 Å². The normalized spacial score (nSPS) is 10.1. The van der Waals surface area contributed by atoms with Crippen LogP contribution in [0.3, 0.4) is 0 Å². The van der Waals surface area contributed by atoms with E-state index < -0.39 is 0 Å². The number of benzene rings is 1. The predicted octanol–water partition coefficient (Wildman–Crippen LogP) is 2.84. The van der Waals surface area contributed by atoms with Gasteiger partial charge in [0.05, 0.1) is 5.69 Å². The molecule has 0 saturated carbocycles. The van der Waals surface area contributed by atoms with E-state index in [9.17, 15) is 4.79 Å². The Kier molecular flexibility index (Phi) is 4.21. The number of hydrogen-bond donors (Lipinski definition) is 1. The van der Waals surface area contributed by atoms with E-state index in [0.29, 0.717) is 18.5 Å². The number of anilines is 1. The van der Waals surface area contributed by atoms with E-state index in [1.165, 1.54) is 0 Å². The van der Waals surface area contributed by atoms with Crippen LogP contribution in [0.5, 0.6) is 0 Å². The second kappa shape index (κ2) is 6.07. The molecule has 1 aromatic carbocycles. The van der Waals surface area contributed by atoms with E-state index in [0.717, 1.165) is 22.6 Å². The van der Waals surface area contributed by atoms with Crippen LogP contribution in [0.4, 0.5) is 5.69 Å². The van der Waals surface area contributed by atoms with Crippen molar-refractivity contribution in [2.24, 2.45) is 0 Å². The zero-order valence-corrected chi connectivity index (χ0v) is 11.6. The number of carbonyl (C=O) groups is 1. The Balaban J connectivity index is 1.94. The van der Waals surface area contributed by atoms with Gasteiger partial charge in [-0.3, -0.25) is 4.79 Å². The Morgan fingerprint density at radius 1 is 1.45 bits per heavy atom. The van der Waals surface area contributed by atoms with Crippen molar-refractivity contribution in [3.05, 3.63) is 46.8 Å². The van der Waals surface area contributed by atoms with E-state index in [1.807, 2.05) is 32.0 Å². The van der Waals surface area contributed by atoms with Crippen LogP contribution in [0.1, 0.15) is 29.0 Å². The van der Waals surface area contributed by atoms with Gasteiger partial charge >= 0.3 is 0 Å². The van der Waals surface area contributed by atoms with E-state index in [1.54, 1.807) is 6.07 Å². The van der Waals surface area contributed by atoms with Crippen molar-refractivity contribution < 1.29 is 9.32 Å². The zero-order chi connectivity index (χ0) is 14.5. The predicted molar refractivity (Wildman–Crippen MR) is 77.3 cm³/mol. The lowest BCUT2D eigenvalue weighted by atomic mass is 10.1. The van der Waals surface area contributed by atoms with Gasteiger partial charge in [0.15, 0.2) is 0 Å². The van der Waals surface area contributed by atoms with Crippen LogP contribution < -0.4 is 5.32 Å². The lowest BCUT2D eigenvalue weighted by Gasteiger charge is -2.05. The van der Waals surface area contributed by atoms with Crippen LogP contribution in [0.25, 0.3) is 0 Å². The molecule has 0 saturated heterocycles. The summed E-state index contributed by atoms with van der Waals surface area (Å²) in [7, 11) is 0. The van der Waals surface area contributed by atoms with Crippen molar-refractivity contribution >= 4 is 11.6 Å². The van der Waals surface area contributed by atoms with Crippen molar-refractivity contribution in [2.45, 2.75) is 26.7 Å². The van der Waals surface area contributed by atoms with Gasteiger partial charge in [-0.25, -0.2) is 0 Å². The average Bonchev–Trinajstić information content (AvgIpc) is 2.76. The zero-order valence-electron chi connectivity index (χ0n) is 11.6. The molecule has 1 aromatic heterocycles. The Labute approximate surface area is 118 Å². The summed E-state index contributed by atoms with van der Waals surface area (Å²) in [5, 5.41) is 6.70. The van der Waals surface area contributed by atoms with Gasteiger partial charge in [-0.05, 0) is 38.5 Å². The minimum Gasteiger partial charge on any atom is -0.361 e. The van der Waals surface area contributed by atoms with E-state index in [4.69, 9.17) is 10.9 Å². The van der Waals surface area contributed by atoms with Crippen LogP contribution >= 0.6 is 0 Å². The van der Waals surface area contributed by atoms with E-state index >= 15 is 0 Å². The maximum absolute atomic E-state index is 11.9. The smallest absolute Gasteiger partial charge is 0.224 e. The summed E-state index contributed by atoms with van der Waals surface area (Å²) in [6.07, 6.45) is 6.32. The number of rotatable bonds is 4. The number of terminal acetylenes is 1. The maximum Gasteiger partial charge on any atom is 0.224 e. The first-order chi connectivity index (χ1) is 9.60. The second-order valence-electron chi connectivity index (χ2n) is 4.58. The molecule has 0 aliphatic carbocycles. The average molecular weight is 268 g/mol. The fourth-order valence-electron chi connectivity index (χ4n) is 2.01. The summed E-state index contributed by atoms with van der Waals surface area (Å²) < 4.78 is 5.07. The lowest BCUT2D eigenvalue weighted by molar-refractivity contribution is -0.116. The van der Waals surface area contributed by atoms with Crippen molar-refractivity contribution in [3.63, 3.8) is 0 Å². The highest BCUT2D eigenvalue weighted by molar-refractivity contribution is 5.91. The minimum atomic E-state index is -0.0563. The van der Waals surface area contributed by atoms with E-state index in [-0.39, 0.29) is 5.91 Å². The molecule has 4 heteroatoms. The highest BCUT2D eigenvalue weighted by atomic mass is 16.5. The molecule has 2 rings (SSSR count). The molecule has 1 heterocycles. The topological polar surface area (TPSA) is 55.1 Å². The summed E-state index contributed by atoms with van der Waals surface area (Å²) in [6, 6.07) is 7.22. The van der Waals surface area contributed by atoms with Crippen LogP contribution in [-0.4, -0.2) is 11.1 Å². The number of carbonyl (C=O) groups excluding carboxylic acids is 1. The van der Waals surface area contributed by atoms with Gasteiger partial charge in [-0.2, -0.15) is 0 Å². The molecule has 4 nitrogen and oxygen atoms in total. The number of hydrogen-bond acceptors (Lipinski definition) is 3. The highest BCUT2D eigenvalue weighted by Crippen LogP contribution is 2.15. The standard InChI is InChI=1S/C16H16N2O2/c1-4-13-6-5-7-14(10-13)17-16(19)9-8-15-11(2)18-20-12(15)3/h1,5-7,10H,8-9H2,2-3H3,(H,17,19). The third kappa shape index (κ3) is 3.27. The Hall–Kier alpha value is -2.54. The molecular weight excluding hydrogens is 252 g/mol. The summed E-state index contributed by atoms with van der Waals surface area (Å²) in [5.41, 5.74) is 3.29. The Bertz CT molecular complexity index is 646. The third-order valence-corrected chi connectivity index (χ3v) is 3.10. The molecule has 20 heavy (non-hydrogen) atoms. The monoisotopic (exact) mass is 268 g/mol. The van der Waals surface area contributed by atoms with Crippen LogP contribution in [0.15, 0.2) is 28.8 Å². The summed E-state index contributed by atoms with van der Waals surface area (Å²) >= 11 is 0. The molecule has 0 aliphatic rings. The molecular formula is C16H16N2O2. The summed E-state index contributed by atoms with van der Waals surface area (Å²) in [4.78, 5) is 11.9. The van der Waals surface area contributed by atoms with Gasteiger partial charge in [0.25, 0.3) is 0 Å². The Morgan fingerprint density at radius 3 is 2.90 bits per heavy atom. The Morgan fingerprint density at radius 2 is 2.25 bits per heavy atom. The number of aryl methyl sites for hydroxylation is 2. The molecule has 0 radical (unpaired) electrons. The molecule has 0 fully saturated rings. The lowest BCUT2D eigenvalue weighted by Crippen LogP contribution is -2.12. The number of aromatic nitrogens is 1. The van der Waals surface area contributed by atoms with Crippen molar-refractivity contribution in [1.29, 1.82) is 0 Å². The van der Waals surface area contributed by atoms with Gasteiger partial charge in [-0.1, -0.05) is 17.1 Å². The van der Waals surface area contributed by atoms with Gasteiger partial charge < -0.3 is 9.84 Å². The quantitative estimate of drug-likeness (QED) is 0.867. The first-order valence-electron chi connectivity index (χ1n) is 6.38. The number of nitrogens with one attached hydrogen (secondary N) is 1. The number of nitrogens with zero attached hydrogens (tertiary/aromatic N) is 1. The summed E-state index contributed by atoms with van der Waals surface area (Å²) in [5.74, 6) is 3.25. The molecule has 2 aromatic rings. The molecule has 0 spiro atoms. The van der Waals surface area contributed by atoms with Crippen LogP contribution in [-0.2, 0) is 11.2 Å².